The molecule has 0 radical (unpaired) electrons. The SMILES string of the molecule is C#Cc1nc2[nH]c(C)c(OC(=O)C(C)(C)C)c2c(=O)n1-c1ccc(C)cc1. The Bertz CT molecular complexity index is 1140. The first-order chi connectivity index (χ1) is 12.6. The summed E-state index contributed by atoms with van der Waals surface area (Å²) in [5, 5.41) is 0.199. The molecule has 0 bridgehead atoms. The van der Waals surface area contributed by atoms with Gasteiger partial charge >= 0.3 is 5.97 Å². The highest BCUT2D eigenvalue weighted by molar-refractivity contribution is 5.89. The summed E-state index contributed by atoms with van der Waals surface area (Å²) < 4.78 is 6.90. The van der Waals surface area contributed by atoms with Crippen LogP contribution in [0.15, 0.2) is 29.1 Å². The van der Waals surface area contributed by atoms with Crippen LogP contribution >= 0.6 is 0 Å². The van der Waals surface area contributed by atoms with Crippen molar-refractivity contribution in [3.63, 3.8) is 0 Å². The fourth-order valence-corrected chi connectivity index (χ4v) is 2.64. The van der Waals surface area contributed by atoms with Crippen molar-refractivity contribution in [1.29, 1.82) is 0 Å². The zero-order valence-corrected chi connectivity index (χ0v) is 16.0. The summed E-state index contributed by atoms with van der Waals surface area (Å²) in [6.45, 7) is 8.92. The number of hydrogen-bond acceptors (Lipinski definition) is 4. The predicted octanol–water partition coefficient (Wildman–Crippen LogP) is 3.26. The second kappa shape index (κ2) is 6.44. The summed E-state index contributed by atoms with van der Waals surface area (Å²) in [7, 11) is 0. The Morgan fingerprint density at radius 3 is 2.41 bits per heavy atom. The molecule has 138 valence electrons. The van der Waals surface area contributed by atoms with E-state index in [1.54, 1.807) is 39.8 Å². The summed E-state index contributed by atoms with van der Waals surface area (Å²) in [6.07, 6.45) is 5.59. The summed E-state index contributed by atoms with van der Waals surface area (Å²) >= 11 is 0. The standard InChI is InChI=1S/C21H21N3O3/c1-7-15-23-18-16(17(13(3)22-18)27-20(26)21(4,5)6)19(25)24(15)14-10-8-12(2)9-11-14/h1,8-11,22H,2-6H3. The van der Waals surface area contributed by atoms with Crippen molar-refractivity contribution in [2.75, 3.05) is 0 Å². The maximum Gasteiger partial charge on any atom is 0.316 e. The number of aryl methyl sites for hydroxylation is 2. The van der Waals surface area contributed by atoms with Crippen molar-refractivity contribution in [3.05, 3.63) is 51.7 Å². The molecule has 0 saturated heterocycles. The Kier molecular flexibility index (Phi) is 4.40. The van der Waals surface area contributed by atoms with Gasteiger partial charge < -0.3 is 9.72 Å². The fourth-order valence-electron chi connectivity index (χ4n) is 2.64. The van der Waals surface area contributed by atoms with Crippen molar-refractivity contribution in [1.82, 2.24) is 14.5 Å². The lowest BCUT2D eigenvalue weighted by Gasteiger charge is -2.16. The Morgan fingerprint density at radius 2 is 1.85 bits per heavy atom. The van der Waals surface area contributed by atoms with Crippen LogP contribution in [0.1, 0.15) is 37.9 Å². The molecular weight excluding hydrogens is 342 g/mol. The van der Waals surface area contributed by atoms with Crippen LogP contribution in [0, 0.1) is 31.6 Å². The van der Waals surface area contributed by atoms with Crippen LogP contribution in [0.5, 0.6) is 5.75 Å². The van der Waals surface area contributed by atoms with Gasteiger partial charge in [-0.1, -0.05) is 17.7 Å². The van der Waals surface area contributed by atoms with Crippen molar-refractivity contribution in [2.24, 2.45) is 5.41 Å². The smallest absolute Gasteiger partial charge is 0.316 e. The minimum atomic E-state index is -0.710. The molecule has 1 N–H and O–H groups in total. The second-order valence-corrected chi connectivity index (χ2v) is 7.50. The molecule has 0 aliphatic carbocycles. The molecule has 0 saturated carbocycles. The Balaban J connectivity index is 2.29. The van der Waals surface area contributed by atoms with Gasteiger partial charge in [0.1, 0.15) is 11.0 Å². The molecule has 0 aliphatic heterocycles. The fraction of sp³-hybridized carbons (Fsp3) is 0.286. The number of hydrogen-bond donors (Lipinski definition) is 1. The second-order valence-electron chi connectivity index (χ2n) is 7.50. The monoisotopic (exact) mass is 363 g/mol. The summed E-state index contributed by atoms with van der Waals surface area (Å²) in [4.78, 5) is 33.0. The van der Waals surface area contributed by atoms with E-state index in [-0.39, 0.29) is 17.0 Å². The lowest BCUT2D eigenvalue weighted by Crippen LogP contribution is -2.27. The van der Waals surface area contributed by atoms with Crippen molar-refractivity contribution in [2.45, 2.75) is 34.6 Å². The molecular formula is C21H21N3O3. The third-order valence-electron chi connectivity index (χ3n) is 4.19. The van der Waals surface area contributed by atoms with Gasteiger partial charge in [-0.25, -0.2) is 4.98 Å². The molecule has 0 aliphatic rings. The highest BCUT2D eigenvalue weighted by Gasteiger charge is 2.27. The van der Waals surface area contributed by atoms with Gasteiger partial charge in [-0.15, -0.1) is 6.42 Å². The number of esters is 1. The number of ether oxygens (including phenoxy) is 1. The maximum atomic E-state index is 13.3. The van der Waals surface area contributed by atoms with Gasteiger partial charge in [-0.2, -0.15) is 0 Å². The molecule has 6 heteroatoms. The third-order valence-corrected chi connectivity index (χ3v) is 4.19. The molecule has 0 atom stereocenters. The van der Waals surface area contributed by atoms with E-state index in [4.69, 9.17) is 11.2 Å². The number of carbonyl (C=O) groups is 1. The minimum absolute atomic E-state index is 0.173. The van der Waals surface area contributed by atoms with E-state index in [0.29, 0.717) is 17.0 Å². The molecule has 3 rings (SSSR count). The Morgan fingerprint density at radius 1 is 1.22 bits per heavy atom. The largest absolute Gasteiger partial charge is 0.423 e. The molecule has 1 aromatic carbocycles. The number of carbonyl (C=O) groups excluding carboxylic acids is 1. The topological polar surface area (TPSA) is 77.0 Å². The van der Waals surface area contributed by atoms with Crippen LogP contribution in [-0.4, -0.2) is 20.5 Å². The normalized spacial score (nSPS) is 11.4. The van der Waals surface area contributed by atoms with E-state index in [1.807, 2.05) is 19.1 Å². The van der Waals surface area contributed by atoms with Gasteiger partial charge in [0.2, 0.25) is 0 Å². The molecule has 3 aromatic rings. The molecule has 6 nitrogen and oxygen atoms in total. The lowest BCUT2D eigenvalue weighted by atomic mass is 9.97. The summed E-state index contributed by atoms with van der Waals surface area (Å²) in [5.74, 6) is 2.38. The van der Waals surface area contributed by atoms with Crippen molar-refractivity contribution in [3.8, 4) is 23.8 Å². The van der Waals surface area contributed by atoms with Crippen molar-refractivity contribution >= 4 is 17.0 Å². The third kappa shape index (κ3) is 3.24. The van der Waals surface area contributed by atoms with E-state index in [0.717, 1.165) is 5.56 Å². The predicted molar refractivity (Wildman–Crippen MR) is 104 cm³/mol. The van der Waals surface area contributed by atoms with Crippen LogP contribution in [0.3, 0.4) is 0 Å². The van der Waals surface area contributed by atoms with Gasteiger partial charge in [0.15, 0.2) is 11.6 Å². The van der Waals surface area contributed by atoms with Crippen LogP contribution in [0.25, 0.3) is 16.7 Å². The molecule has 2 heterocycles. The van der Waals surface area contributed by atoms with E-state index in [1.165, 1.54) is 4.57 Å². The number of nitrogens with one attached hydrogen (secondary N) is 1. The van der Waals surface area contributed by atoms with Gasteiger partial charge in [-0.3, -0.25) is 14.2 Å². The summed E-state index contributed by atoms with van der Waals surface area (Å²) in [6, 6.07) is 7.36. The van der Waals surface area contributed by atoms with Gasteiger partial charge in [0, 0.05) is 0 Å². The molecule has 27 heavy (non-hydrogen) atoms. The molecule has 0 fully saturated rings. The van der Waals surface area contributed by atoms with E-state index >= 15 is 0 Å². The first kappa shape index (κ1) is 18.5. The van der Waals surface area contributed by atoms with Gasteiger partial charge in [-0.05, 0) is 52.7 Å². The Hall–Kier alpha value is -3.33. The molecule has 0 amide bonds. The van der Waals surface area contributed by atoms with E-state index in [2.05, 4.69) is 15.9 Å². The number of benzene rings is 1. The maximum absolute atomic E-state index is 13.3. The summed E-state index contributed by atoms with van der Waals surface area (Å²) in [5.41, 5.74) is 1.39. The number of rotatable bonds is 2. The highest BCUT2D eigenvalue weighted by Crippen LogP contribution is 2.29. The van der Waals surface area contributed by atoms with Crippen LogP contribution in [-0.2, 0) is 4.79 Å². The molecule has 0 unspecified atom stereocenters. The first-order valence-corrected chi connectivity index (χ1v) is 8.54. The minimum Gasteiger partial charge on any atom is -0.423 e. The van der Waals surface area contributed by atoms with Crippen molar-refractivity contribution < 1.29 is 9.53 Å². The van der Waals surface area contributed by atoms with E-state index < -0.39 is 16.9 Å². The average Bonchev–Trinajstić information content (AvgIpc) is 2.90. The van der Waals surface area contributed by atoms with Gasteiger partial charge in [0.25, 0.3) is 5.56 Å². The number of terminal acetylenes is 1. The van der Waals surface area contributed by atoms with Gasteiger partial charge in [0.05, 0.1) is 16.8 Å². The zero-order valence-electron chi connectivity index (χ0n) is 16.0. The molecule has 0 spiro atoms. The number of aromatic nitrogens is 3. The number of aromatic amines is 1. The quantitative estimate of drug-likeness (QED) is 0.560. The average molecular weight is 363 g/mol. The lowest BCUT2D eigenvalue weighted by molar-refractivity contribution is -0.142. The zero-order chi connectivity index (χ0) is 19.9. The number of fused-ring (bicyclic) bond motifs is 1. The van der Waals surface area contributed by atoms with Crippen LogP contribution < -0.4 is 10.3 Å². The number of H-pyrrole nitrogens is 1. The number of nitrogens with zero attached hydrogens (tertiary/aromatic N) is 2. The molecule has 2 aromatic heterocycles. The first-order valence-electron chi connectivity index (χ1n) is 8.54. The Labute approximate surface area is 157 Å². The van der Waals surface area contributed by atoms with E-state index in [9.17, 15) is 9.59 Å². The van der Waals surface area contributed by atoms with Crippen LogP contribution in [0.4, 0.5) is 0 Å². The van der Waals surface area contributed by atoms with Crippen LogP contribution in [0.2, 0.25) is 0 Å². The highest BCUT2D eigenvalue weighted by atomic mass is 16.5.